The van der Waals surface area contributed by atoms with Gasteiger partial charge in [0, 0.05) is 7.11 Å². The summed E-state index contributed by atoms with van der Waals surface area (Å²) in [5.41, 5.74) is 0. The molecule has 0 aromatic rings. The summed E-state index contributed by atoms with van der Waals surface area (Å²) in [4.78, 5) is 20.9. The number of hydrogen-bond acceptors (Lipinski definition) is 4. The van der Waals surface area contributed by atoms with Crippen molar-refractivity contribution >= 4 is 12.1 Å². The average Bonchev–Trinajstić information content (AvgIpc) is 2.29. The van der Waals surface area contributed by atoms with Gasteiger partial charge in [-0.25, -0.2) is 4.79 Å². The zero-order valence-electron chi connectivity index (χ0n) is 6.44. The molecule has 1 amide bonds. The predicted molar refractivity (Wildman–Crippen MR) is 36.5 cm³/mol. The smallest absolute Gasteiger partial charge is 0.405 e. The number of esters is 1. The van der Waals surface area contributed by atoms with Gasteiger partial charge in [-0.05, 0) is 0 Å². The molecule has 0 aliphatic carbocycles. The molecule has 1 saturated heterocycles. The van der Waals surface area contributed by atoms with Crippen LogP contribution in [0.5, 0.6) is 0 Å². The molecule has 0 aromatic carbocycles. The third-order valence-electron chi connectivity index (χ3n) is 1.50. The fourth-order valence-electron chi connectivity index (χ4n) is 1.03. The summed E-state index contributed by atoms with van der Waals surface area (Å²) >= 11 is 0. The van der Waals surface area contributed by atoms with E-state index in [0.717, 1.165) is 0 Å². The van der Waals surface area contributed by atoms with Gasteiger partial charge >= 0.3 is 12.1 Å². The molecule has 0 saturated carbocycles. The Balaban J connectivity index is 2.51. The molecule has 1 heterocycles. The van der Waals surface area contributed by atoms with Crippen LogP contribution >= 0.6 is 0 Å². The molecule has 1 fully saturated rings. The number of nitrogens with one attached hydrogen (secondary N) is 1. The summed E-state index contributed by atoms with van der Waals surface area (Å²) in [5, 5.41) is 10.5. The van der Waals surface area contributed by atoms with E-state index in [-0.39, 0.29) is 6.42 Å². The first-order valence-corrected chi connectivity index (χ1v) is 3.35. The summed E-state index contributed by atoms with van der Waals surface area (Å²) in [6.07, 6.45) is -1.97. The Bertz CT molecular complexity index is 204. The molecule has 0 unspecified atom stereocenters. The second-order valence-electron chi connectivity index (χ2n) is 2.35. The van der Waals surface area contributed by atoms with E-state index in [1.807, 2.05) is 0 Å². The van der Waals surface area contributed by atoms with Crippen molar-refractivity contribution in [3.05, 3.63) is 0 Å². The summed E-state index contributed by atoms with van der Waals surface area (Å²) in [6.45, 7) is 0. The van der Waals surface area contributed by atoms with Crippen LogP contribution in [0.15, 0.2) is 0 Å². The van der Waals surface area contributed by atoms with Gasteiger partial charge in [0.2, 0.25) is 6.29 Å². The van der Waals surface area contributed by atoms with E-state index in [2.05, 4.69) is 10.1 Å². The Labute approximate surface area is 68.5 Å². The van der Waals surface area contributed by atoms with E-state index in [1.165, 1.54) is 7.11 Å². The van der Waals surface area contributed by atoms with Crippen molar-refractivity contribution in [3.8, 4) is 0 Å². The molecular formula is C6H9NO5. The van der Waals surface area contributed by atoms with Crippen LogP contribution in [-0.4, -0.2) is 36.6 Å². The fraction of sp³-hybridized carbons (Fsp3) is 0.667. The molecule has 0 radical (unpaired) electrons. The minimum absolute atomic E-state index is 0.0187. The molecule has 1 rings (SSSR count). The normalized spacial score (nSPS) is 28.2. The van der Waals surface area contributed by atoms with Crippen LogP contribution < -0.4 is 5.32 Å². The third kappa shape index (κ3) is 1.85. The largest absolute Gasteiger partial charge is 0.465 e. The number of amides is 1. The molecule has 12 heavy (non-hydrogen) atoms. The van der Waals surface area contributed by atoms with Crippen LogP contribution in [0.2, 0.25) is 0 Å². The molecule has 0 aromatic heterocycles. The summed E-state index contributed by atoms with van der Waals surface area (Å²) < 4.78 is 9.36. The topological polar surface area (TPSA) is 84.9 Å². The Hall–Kier alpha value is -1.30. The highest BCUT2D eigenvalue weighted by molar-refractivity contribution is 5.74. The van der Waals surface area contributed by atoms with Gasteiger partial charge in [-0.1, -0.05) is 0 Å². The lowest BCUT2D eigenvalue weighted by Gasteiger charge is -2.14. The lowest BCUT2D eigenvalue weighted by atomic mass is 10.2. The second kappa shape index (κ2) is 3.40. The van der Waals surface area contributed by atoms with Crippen molar-refractivity contribution in [2.24, 2.45) is 0 Å². The number of carbonyl (C=O) groups excluding carboxylic acids is 1. The van der Waals surface area contributed by atoms with Gasteiger partial charge in [0.25, 0.3) is 0 Å². The van der Waals surface area contributed by atoms with E-state index in [0.29, 0.717) is 0 Å². The fourth-order valence-corrected chi connectivity index (χ4v) is 1.03. The molecule has 1 aliphatic rings. The standard InChI is InChI=1S/C6H9NO5/c1-11-5-3(7-6(9)10)2-4(8)12-5/h3,5,7H,2H2,1H3,(H,9,10)/t3-,5-/m1/s1. The molecular weight excluding hydrogens is 166 g/mol. The van der Waals surface area contributed by atoms with Gasteiger partial charge < -0.3 is 19.9 Å². The Morgan fingerprint density at radius 1 is 1.83 bits per heavy atom. The summed E-state index contributed by atoms with van der Waals surface area (Å²) in [6, 6.07) is -0.597. The number of hydrogen-bond donors (Lipinski definition) is 2. The maximum absolute atomic E-state index is 10.7. The number of cyclic esters (lactones) is 1. The average molecular weight is 175 g/mol. The minimum atomic E-state index is -1.19. The van der Waals surface area contributed by atoms with Crippen molar-refractivity contribution in [2.45, 2.75) is 18.8 Å². The van der Waals surface area contributed by atoms with Crippen LogP contribution in [0.4, 0.5) is 4.79 Å². The van der Waals surface area contributed by atoms with Gasteiger partial charge in [-0.3, -0.25) is 4.79 Å². The summed E-state index contributed by atoms with van der Waals surface area (Å²) in [5.74, 6) is -0.458. The quantitative estimate of drug-likeness (QED) is 0.555. The zero-order valence-corrected chi connectivity index (χ0v) is 6.44. The number of methoxy groups -OCH3 is 1. The zero-order chi connectivity index (χ0) is 9.14. The van der Waals surface area contributed by atoms with Crippen molar-refractivity contribution in [1.29, 1.82) is 0 Å². The highest BCUT2D eigenvalue weighted by atomic mass is 16.7. The SMILES string of the molecule is CO[C@@H]1OC(=O)C[C@H]1NC(=O)O. The molecule has 6 nitrogen and oxygen atoms in total. The predicted octanol–water partition coefficient (Wildman–Crippen LogP) is -0.458. The van der Waals surface area contributed by atoms with Gasteiger partial charge in [-0.2, -0.15) is 0 Å². The van der Waals surface area contributed by atoms with E-state index >= 15 is 0 Å². The Morgan fingerprint density at radius 2 is 2.50 bits per heavy atom. The van der Waals surface area contributed by atoms with Gasteiger partial charge in [-0.15, -0.1) is 0 Å². The molecule has 1 aliphatic heterocycles. The lowest BCUT2D eigenvalue weighted by Crippen LogP contribution is -2.40. The maximum Gasteiger partial charge on any atom is 0.405 e. The van der Waals surface area contributed by atoms with Crippen molar-refractivity contribution in [2.75, 3.05) is 7.11 Å². The first-order valence-electron chi connectivity index (χ1n) is 3.35. The van der Waals surface area contributed by atoms with Crippen LogP contribution in [0.25, 0.3) is 0 Å². The molecule has 2 atom stereocenters. The minimum Gasteiger partial charge on any atom is -0.465 e. The Morgan fingerprint density at radius 3 is 3.00 bits per heavy atom. The highest BCUT2D eigenvalue weighted by Crippen LogP contribution is 2.14. The van der Waals surface area contributed by atoms with Crippen molar-refractivity contribution in [3.63, 3.8) is 0 Å². The van der Waals surface area contributed by atoms with Crippen LogP contribution in [0.1, 0.15) is 6.42 Å². The highest BCUT2D eigenvalue weighted by Gasteiger charge is 2.35. The van der Waals surface area contributed by atoms with E-state index in [1.54, 1.807) is 0 Å². The van der Waals surface area contributed by atoms with Crippen LogP contribution in [0.3, 0.4) is 0 Å². The van der Waals surface area contributed by atoms with Gasteiger partial charge in [0.05, 0.1) is 6.42 Å². The summed E-state index contributed by atoms with van der Waals surface area (Å²) in [7, 11) is 1.35. The molecule has 68 valence electrons. The van der Waals surface area contributed by atoms with E-state index < -0.39 is 24.4 Å². The van der Waals surface area contributed by atoms with Gasteiger partial charge in [0.1, 0.15) is 6.04 Å². The monoisotopic (exact) mass is 175 g/mol. The molecule has 6 heteroatoms. The van der Waals surface area contributed by atoms with Crippen LogP contribution in [-0.2, 0) is 14.3 Å². The molecule has 0 spiro atoms. The molecule has 2 N–H and O–H groups in total. The van der Waals surface area contributed by atoms with Crippen LogP contribution in [0, 0.1) is 0 Å². The first-order chi connectivity index (χ1) is 5.63. The third-order valence-corrected chi connectivity index (χ3v) is 1.50. The second-order valence-corrected chi connectivity index (χ2v) is 2.35. The molecule has 0 bridgehead atoms. The number of carboxylic acid groups (broad SMARTS) is 1. The van der Waals surface area contributed by atoms with Crippen molar-refractivity contribution < 1.29 is 24.2 Å². The van der Waals surface area contributed by atoms with E-state index in [4.69, 9.17) is 9.84 Å². The van der Waals surface area contributed by atoms with Gasteiger partial charge in [0.15, 0.2) is 0 Å². The lowest BCUT2D eigenvalue weighted by molar-refractivity contribution is -0.159. The van der Waals surface area contributed by atoms with E-state index in [9.17, 15) is 9.59 Å². The number of rotatable bonds is 2. The number of ether oxygens (including phenoxy) is 2. The van der Waals surface area contributed by atoms with Crippen molar-refractivity contribution in [1.82, 2.24) is 5.32 Å². The first kappa shape index (κ1) is 8.79. The Kier molecular flexibility index (Phi) is 2.49. The number of carbonyl (C=O) groups is 2. The maximum atomic E-state index is 10.7.